The molecule has 2 amide bonds. The number of halogens is 1. The Morgan fingerprint density at radius 2 is 1.69 bits per heavy atom. The number of nitrogens with zero attached hydrogens (tertiary/aromatic N) is 4. The summed E-state index contributed by atoms with van der Waals surface area (Å²) in [4.78, 5) is 24.4. The number of amides is 2. The zero-order chi connectivity index (χ0) is 22.0. The molecule has 0 saturated carbocycles. The quantitative estimate of drug-likeness (QED) is 0.632. The summed E-state index contributed by atoms with van der Waals surface area (Å²) in [5.74, 6) is 0.722. The predicted molar refractivity (Wildman–Crippen MR) is 111 cm³/mol. The van der Waals surface area contributed by atoms with E-state index in [1.807, 2.05) is 52.6 Å². The van der Waals surface area contributed by atoms with Crippen LogP contribution in [0.3, 0.4) is 0 Å². The lowest BCUT2D eigenvalue weighted by molar-refractivity contribution is -0.116. The molecule has 0 bridgehead atoms. The minimum atomic E-state index is 0.625. The normalized spacial score (nSPS) is 6.85. The van der Waals surface area contributed by atoms with Crippen LogP contribution in [0.1, 0.15) is 46.0 Å². The van der Waals surface area contributed by atoms with Gasteiger partial charge in [0.05, 0.1) is 18.1 Å². The molecule has 1 rings (SSSR count). The maximum atomic E-state index is 9.66. The lowest BCUT2D eigenvalue weighted by Crippen LogP contribution is -2.13. The van der Waals surface area contributed by atoms with E-state index in [1.165, 1.54) is 12.6 Å². The Labute approximate surface area is 165 Å². The van der Waals surface area contributed by atoms with Crippen LogP contribution >= 0.6 is 11.6 Å². The monoisotopic (exact) mass is 391 g/mol. The molecule has 0 unspecified atom stereocenters. The first-order valence-corrected chi connectivity index (χ1v) is 8.88. The van der Waals surface area contributed by atoms with Gasteiger partial charge in [-0.3, -0.25) is 9.59 Å². The summed E-state index contributed by atoms with van der Waals surface area (Å²) in [5.41, 5.74) is 2.36. The number of nitrogens with one attached hydrogen (secondary N) is 1. The molecule has 7 nitrogen and oxygen atoms in total. The van der Waals surface area contributed by atoms with Crippen LogP contribution in [-0.2, 0) is 16.6 Å². The largest absolute Gasteiger partial charge is 0.362 e. The van der Waals surface area contributed by atoms with Crippen LogP contribution < -0.4 is 5.32 Å². The van der Waals surface area contributed by atoms with Crippen LogP contribution in [0, 0.1) is 25.2 Å². The lowest BCUT2D eigenvalue weighted by Gasteiger charge is -2.01. The zero-order valence-electron chi connectivity index (χ0n) is 18.1. The zero-order valence-corrected chi connectivity index (χ0v) is 18.9. The molecule has 1 aromatic heterocycles. The number of hydrogen-bond acceptors (Lipinski definition) is 4. The molecule has 0 radical (unpaired) electrons. The molecule has 0 saturated heterocycles. The molecule has 0 aliphatic heterocycles. The van der Waals surface area contributed by atoms with Gasteiger partial charge < -0.3 is 14.8 Å². The SMILES string of the molecule is CC.CC#N.CCCl.CCN(C)C=O.CNC=O.Cc1ncn(C)c1C. The lowest BCUT2D eigenvalue weighted by atomic mass is 10.4. The summed E-state index contributed by atoms with van der Waals surface area (Å²) in [6.45, 7) is 14.1. The number of rotatable bonds is 3. The van der Waals surface area contributed by atoms with E-state index in [0.717, 1.165) is 24.5 Å². The molecule has 0 fully saturated rings. The van der Waals surface area contributed by atoms with Crippen LogP contribution in [0.4, 0.5) is 0 Å². The van der Waals surface area contributed by atoms with Gasteiger partial charge in [-0.25, -0.2) is 4.98 Å². The molecular weight excluding hydrogens is 354 g/mol. The predicted octanol–water partition coefficient (Wildman–Crippen LogP) is 3.29. The fourth-order valence-electron chi connectivity index (χ4n) is 0.683. The van der Waals surface area contributed by atoms with Crippen molar-refractivity contribution in [2.45, 2.75) is 48.5 Å². The van der Waals surface area contributed by atoms with Crippen molar-refractivity contribution in [1.29, 1.82) is 5.26 Å². The van der Waals surface area contributed by atoms with E-state index in [1.54, 1.807) is 25.1 Å². The summed E-state index contributed by atoms with van der Waals surface area (Å²) < 4.78 is 2.01. The fourth-order valence-corrected chi connectivity index (χ4v) is 0.683. The van der Waals surface area contributed by atoms with Gasteiger partial charge in [0, 0.05) is 46.2 Å². The standard InChI is InChI=1S/C6H10N2.C4H9NO.C2H5Cl.C2H5NO.C2H3N.C2H6/c1-5-6(2)8(3)4-7-5;1-3-5(2)4-6;1-2-3;1-3-2-4;1-2-3;1-2/h4H,1-3H3;4H,3H2,1-2H3;2H2,1H3;2H,1H3,(H,3,4);1H3;1-2H3. The van der Waals surface area contributed by atoms with Crippen molar-refractivity contribution in [3.05, 3.63) is 17.7 Å². The van der Waals surface area contributed by atoms with Crippen molar-refractivity contribution < 1.29 is 9.59 Å². The fraction of sp³-hybridized carbons (Fsp3) is 0.667. The Bertz CT molecular complexity index is 412. The Morgan fingerprint density at radius 1 is 1.35 bits per heavy atom. The van der Waals surface area contributed by atoms with Crippen LogP contribution in [0.2, 0.25) is 0 Å². The summed E-state index contributed by atoms with van der Waals surface area (Å²) in [6.07, 6.45) is 3.25. The van der Waals surface area contributed by atoms with Gasteiger partial charge in [0.1, 0.15) is 0 Å². The highest BCUT2D eigenvalue weighted by atomic mass is 35.5. The van der Waals surface area contributed by atoms with Gasteiger partial charge >= 0.3 is 0 Å². The van der Waals surface area contributed by atoms with Crippen molar-refractivity contribution in [2.24, 2.45) is 7.05 Å². The number of aromatic nitrogens is 2. The Hall–Kier alpha value is -2.07. The van der Waals surface area contributed by atoms with Crippen molar-refractivity contribution in [2.75, 3.05) is 26.5 Å². The smallest absolute Gasteiger partial charge is 0.209 e. The average Bonchev–Trinajstić information content (AvgIpc) is 2.95. The van der Waals surface area contributed by atoms with E-state index in [-0.39, 0.29) is 0 Å². The van der Waals surface area contributed by atoms with E-state index in [9.17, 15) is 4.79 Å². The molecule has 154 valence electrons. The molecule has 1 aromatic rings. The molecule has 1 heterocycles. The number of carbonyl (C=O) groups is 2. The van der Waals surface area contributed by atoms with Crippen molar-refractivity contribution in [1.82, 2.24) is 19.8 Å². The number of nitriles is 1. The number of alkyl halides is 1. The maximum Gasteiger partial charge on any atom is 0.209 e. The molecule has 0 atom stereocenters. The summed E-state index contributed by atoms with van der Waals surface area (Å²) in [5, 5.41) is 9.57. The molecule has 0 aliphatic rings. The molecule has 1 N–H and O–H groups in total. The molecule has 0 aliphatic carbocycles. The first kappa shape index (κ1) is 35.1. The third kappa shape index (κ3) is 37.9. The average molecular weight is 392 g/mol. The van der Waals surface area contributed by atoms with E-state index in [0.29, 0.717) is 6.41 Å². The Morgan fingerprint density at radius 3 is 1.73 bits per heavy atom. The van der Waals surface area contributed by atoms with Gasteiger partial charge in [-0.05, 0) is 20.8 Å². The maximum absolute atomic E-state index is 9.66. The first-order chi connectivity index (χ1) is 12.3. The molecule has 8 heteroatoms. The Balaban J connectivity index is -0.0000000732. The number of carbonyl (C=O) groups excluding carboxylic acids is 2. The summed E-state index contributed by atoms with van der Waals surface area (Å²) in [7, 11) is 5.30. The van der Waals surface area contributed by atoms with Crippen LogP contribution in [0.15, 0.2) is 6.33 Å². The summed E-state index contributed by atoms with van der Waals surface area (Å²) in [6, 6.07) is 1.75. The van der Waals surface area contributed by atoms with Gasteiger partial charge in [0.2, 0.25) is 12.8 Å². The van der Waals surface area contributed by atoms with E-state index in [4.69, 9.17) is 21.7 Å². The van der Waals surface area contributed by atoms with Gasteiger partial charge in [-0.2, -0.15) is 5.26 Å². The molecule has 0 spiro atoms. The number of hydrogen-bond donors (Lipinski definition) is 1. The van der Waals surface area contributed by atoms with Gasteiger partial charge in [0.15, 0.2) is 0 Å². The molecule has 0 aromatic carbocycles. The highest BCUT2D eigenvalue weighted by Gasteiger charge is 1.93. The minimum absolute atomic E-state index is 0.625. The molecule has 26 heavy (non-hydrogen) atoms. The van der Waals surface area contributed by atoms with Crippen molar-refractivity contribution in [3.8, 4) is 6.07 Å². The van der Waals surface area contributed by atoms with E-state index < -0.39 is 0 Å². The third-order valence-corrected chi connectivity index (χ3v) is 2.27. The number of imidazole rings is 1. The van der Waals surface area contributed by atoms with E-state index >= 15 is 0 Å². The van der Waals surface area contributed by atoms with Gasteiger partial charge in [-0.15, -0.1) is 11.6 Å². The Kier molecular flexibility index (Phi) is 46.3. The topological polar surface area (TPSA) is 91.0 Å². The third-order valence-electron chi connectivity index (χ3n) is 2.27. The highest BCUT2D eigenvalue weighted by molar-refractivity contribution is 6.17. The van der Waals surface area contributed by atoms with Gasteiger partial charge in [0.25, 0.3) is 0 Å². The first-order valence-electron chi connectivity index (χ1n) is 8.35. The van der Waals surface area contributed by atoms with E-state index in [2.05, 4.69) is 17.2 Å². The van der Waals surface area contributed by atoms with Crippen LogP contribution in [-0.4, -0.2) is 53.8 Å². The molecular formula is C18H38ClN5O2. The van der Waals surface area contributed by atoms with Crippen molar-refractivity contribution >= 4 is 24.4 Å². The highest BCUT2D eigenvalue weighted by Crippen LogP contribution is 1.99. The van der Waals surface area contributed by atoms with Crippen molar-refractivity contribution in [3.63, 3.8) is 0 Å². The number of aryl methyl sites for hydroxylation is 2. The second-order valence-electron chi connectivity index (χ2n) is 4.10. The van der Waals surface area contributed by atoms with Crippen LogP contribution in [0.5, 0.6) is 0 Å². The minimum Gasteiger partial charge on any atom is -0.362 e. The second kappa shape index (κ2) is 34.3. The van der Waals surface area contributed by atoms with Crippen LogP contribution in [0.25, 0.3) is 0 Å². The van der Waals surface area contributed by atoms with Gasteiger partial charge in [-0.1, -0.05) is 20.8 Å². The summed E-state index contributed by atoms with van der Waals surface area (Å²) >= 11 is 5.00. The second-order valence-corrected chi connectivity index (χ2v) is 4.64.